The number of rotatable bonds is 8. The van der Waals surface area contributed by atoms with Gasteiger partial charge in [-0.05, 0) is 68.1 Å². The molecule has 3 fully saturated rings. The number of benzene rings is 1. The Morgan fingerprint density at radius 1 is 1.14 bits per heavy atom. The molecule has 7 nitrogen and oxygen atoms in total. The molecule has 3 aliphatic rings. The SMILES string of the molecule is CC(C)[C@H](c1ccc(Cl)cc1)[C@H](N)C(=O)N[C@H]1CCCC[C@@H]1CC[C@H]1CN[C@@H]2CCCS(=O)(=O)N1C2. The molecular formula is C27H43ClN4O3S. The van der Waals surface area contributed by atoms with Crippen LogP contribution in [0.1, 0.15) is 76.7 Å². The topological polar surface area (TPSA) is 105 Å². The zero-order valence-electron chi connectivity index (χ0n) is 21.7. The van der Waals surface area contributed by atoms with E-state index in [1.807, 2.05) is 24.3 Å². The molecule has 7 atom stereocenters. The van der Waals surface area contributed by atoms with Gasteiger partial charge in [0.1, 0.15) is 0 Å². The minimum atomic E-state index is -3.19. The summed E-state index contributed by atoms with van der Waals surface area (Å²) in [6.45, 7) is 5.49. The first-order valence-corrected chi connectivity index (χ1v) is 15.7. The maximum atomic E-state index is 13.4. The standard InChI is InChI=1S/C27H43ClN4O3S/c1-18(2)25(20-9-12-21(28)13-10-20)26(29)27(33)31-24-8-4-3-6-19(24)11-14-23-16-30-22-7-5-15-36(34,35)32(23)17-22/h9-10,12-13,18-19,22-26,30H,3-8,11,14-17,29H2,1-2H3,(H,31,33)/t19-,22-,23+,24+,25-,26+/m1/s1. The van der Waals surface area contributed by atoms with Crippen LogP contribution >= 0.6 is 11.6 Å². The predicted molar refractivity (Wildman–Crippen MR) is 145 cm³/mol. The molecule has 2 bridgehead atoms. The minimum Gasteiger partial charge on any atom is -0.352 e. The van der Waals surface area contributed by atoms with E-state index >= 15 is 0 Å². The predicted octanol–water partition coefficient (Wildman–Crippen LogP) is 3.63. The van der Waals surface area contributed by atoms with Gasteiger partial charge in [0.25, 0.3) is 0 Å². The van der Waals surface area contributed by atoms with Crippen molar-refractivity contribution in [3.63, 3.8) is 0 Å². The Bertz CT molecular complexity index is 987. The van der Waals surface area contributed by atoms with Crippen molar-refractivity contribution in [3.05, 3.63) is 34.9 Å². The summed E-state index contributed by atoms with van der Waals surface area (Å²) < 4.78 is 27.4. The van der Waals surface area contributed by atoms with E-state index in [-0.39, 0.29) is 41.6 Å². The highest BCUT2D eigenvalue weighted by atomic mass is 35.5. The van der Waals surface area contributed by atoms with Crippen LogP contribution < -0.4 is 16.4 Å². The molecule has 1 unspecified atom stereocenters. The fourth-order valence-corrected chi connectivity index (χ4v) is 8.46. The second kappa shape index (κ2) is 12.1. The van der Waals surface area contributed by atoms with E-state index in [2.05, 4.69) is 24.5 Å². The number of piperazine rings is 1. The number of nitrogens with one attached hydrogen (secondary N) is 2. The van der Waals surface area contributed by atoms with Crippen LogP contribution in [0.25, 0.3) is 0 Å². The zero-order chi connectivity index (χ0) is 25.9. The Morgan fingerprint density at radius 3 is 2.58 bits per heavy atom. The first-order valence-electron chi connectivity index (χ1n) is 13.7. The number of amides is 1. The largest absolute Gasteiger partial charge is 0.352 e. The van der Waals surface area contributed by atoms with E-state index in [1.54, 1.807) is 4.31 Å². The van der Waals surface area contributed by atoms with Gasteiger partial charge < -0.3 is 16.4 Å². The summed E-state index contributed by atoms with van der Waals surface area (Å²) >= 11 is 6.07. The number of carbonyl (C=O) groups is 1. The smallest absolute Gasteiger partial charge is 0.237 e. The molecule has 1 aromatic carbocycles. The highest BCUT2D eigenvalue weighted by molar-refractivity contribution is 7.89. The lowest BCUT2D eigenvalue weighted by molar-refractivity contribution is -0.124. The molecule has 9 heteroatoms. The number of nitrogens with two attached hydrogens (primary N) is 1. The molecule has 0 aromatic heterocycles. The van der Waals surface area contributed by atoms with Gasteiger partial charge in [-0.2, -0.15) is 4.31 Å². The van der Waals surface area contributed by atoms with E-state index in [0.29, 0.717) is 17.5 Å². The van der Waals surface area contributed by atoms with Crippen molar-refractivity contribution in [2.75, 3.05) is 18.8 Å². The third-order valence-corrected chi connectivity index (χ3v) is 10.8. The highest BCUT2D eigenvalue weighted by Gasteiger charge is 2.39. The molecule has 1 saturated carbocycles. The van der Waals surface area contributed by atoms with Gasteiger partial charge >= 0.3 is 0 Å². The van der Waals surface area contributed by atoms with Gasteiger partial charge in [0.2, 0.25) is 15.9 Å². The van der Waals surface area contributed by atoms with E-state index < -0.39 is 16.1 Å². The summed E-state index contributed by atoms with van der Waals surface area (Å²) in [5.74, 6) is 0.603. The lowest BCUT2D eigenvalue weighted by Gasteiger charge is -2.39. The molecule has 0 spiro atoms. The summed E-state index contributed by atoms with van der Waals surface area (Å²) in [6, 6.07) is 7.33. The molecule has 4 N–H and O–H groups in total. The molecule has 1 amide bonds. The number of carbonyl (C=O) groups excluding carboxylic acids is 1. The number of hydrogen-bond acceptors (Lipinski definition) is 5. The van der Waals surface area contributed by atoms with Crippen LogP contribution in [-0.2, 0) is 14.8 Å². The van der Waals surface area contributed by atoms with Gasteiger partial charge in [-0.1, -0.05) is 50.4 Å². The number of sulfonamides is 1. The fourth-order valence-electron chi connectivity index (χ4n) is 6.53. The molecule has 36 heavy (non-hydrogen) atoms. The molecule has 1 aromatic rings. The van der Waals surface area contributed by atoms with Crippen molar-refractivity contribution in [2.45, 2.75) is 95.3 Å². The zero-order valence-corrected chi connectivity index (χ0v) is 23.2. The van der Waals surface area contributed by atoms with Gasteiger partial charge in [0.05, 0.1) is 11.8 Å². The summed E-state index contributed by atoms with van der Waals surface area (Å²) in [6.07, 6.45) is 7.63. The summed E-state index contributed by atoms with van der Waals surface area (Å²) in [5.41, 5.74) is 7.59. The van der Waals surface area contributed by atoms with Crippen LogP contribution in [0.4, 0.5) is 0 Å². The van der Waals surface area contributed by atoms with E-state index in [4.69, 9.17) is 17.3 Å². The van der Waals surface area contributed by atoms with Crippen molar-refractivity contribution in [1.82, 2.24) is 14.9 Å². The maximum absolute atomic E-state index is 13.4. The molecule has 2 aliphatic heterocycles. The van der Waals surface area contributed by atoms with E-state index in [0.717, 1.165) is 63.5 Å². The second-order valence-corrected chi connectivity index (χ2v) is 13.8. The van der Waals surface area contributed by atoms with Crippen LogP contribution in [0.3, 0.4) is 0 Å². The Balaban J connectivity index is 1.39. The first kappa shape index (κ1) is 27.8. The van der Waals surface area contributed by atoms with Crippen molar-refractivity contribution >= 4 is 27.5 Å². The number of halogens is 1. The Kier molecular flexibility index (Phi) is 9.37. The van der Waals surface area contributed by atoms with Gasteiger partial charge in [-0.3, -0.25) is 4.79 Å². The lowest BCUT2D eigenvalue weighted by Crippen LogP contribution is -2.57. The third kappa shape index (κ3) is 6.62. The lowest BCUT2D eigenvalue weighted by atomic mass is 9.79. The second-order valence-electron chi connectivity index (χ2n) is 11.4. The first-order chi connectivity index (χ1) is 17.2. The molecular weight excluding hydrogens is 496 g/mol. The van der Waals surface area contributed by atoms with E-state index in [9.17, 15) is 13.2 Å². The molecule has 2 saturated heterocycles. The normalized spacial score (nSPS) is 31.9. The van der Waals surface area contributed by atoms with E-state index in [1.165, 1.54) is 0 Å². The Hall–Kier alpha value is -1.19. The number of nitrogens with zero attached hydrogens (tertiary/aromatic N) is 1. The van der Waals surface area contributed by atoms with Crippen molar-refractivity contribution in [2.24, 2.45) is 17.6 Å². The third-order valence-electron chi connectivity index (χ3n) is 8.53. The van der Waals surface area contributed by atoms with Crippen molar-refractivity contribution in [3.8, 4) is 0 Å². The Labute approximate surface area is 222 Å². The quantitative estimate of drug-likeness (QED) is 0.469. The van der Waals surface area contributed by atoms with Crippen LogP contribution in [0.5, 0.6) is 0 Å². The number of fused-ring (bicyclic) bond motifs is 2. The van der Waals surface area contributed by atoms with Crippen LogP contribution in [-0.4, -0.2) is 61.6 Å². The van der Waals surface area contributed by atoms with Gasteiger partial charge in [0.15, 0.2) is 0 Å². The Morgan fingerprint density at radius 2 is 1.86 bits per heavy atom. The molecule has 1 aliphatic carbocycles. The monoisotopic (exact) mass is 538 g/mol. The average molecular weight is 539 g/mol. The van der Waals surface area contributed by atoms with Crippen LogP contribution in [0.15, 0.2) is 24.3 Å². The summed E-state index contributed by atoms with van der Waals surface area (Å²) in [7, 11) is -3.19. The van der Waals surface area contributed by atoms with Crippen molar-refractivity contribution in [1.29, 1.82) is 0 Å². The maximum Gasteiger partial charge on any atom is 0.237 e. The molecule has 202 valence electrons. The average Bonchev–Trinajstić information content (AvgIpc) is 2.96. The molecule has 2 heterocycles. The number of hydrogen-bond donors (Lipinski definition) is 3. The molecule has 4 rings (SSSR count). The summed E-state index contributed by atoms with van der Waals surface area (Å²) in [4.78, 5) is 13.4. The van der Waals surface area contributed by atoms with Gasteiger partial charge in [-0.25, -0.2) is 8.42 Å². The summed E-state index contributed by atoms with van der Waals surface area (Å²) in [5, 5.41) is 7.54. The molecule has 0 radical (unpaired) electrons. The fraction of sp³-hybridized carbons (Fsp3) is 0.741. The van der Waals surface area contributed by atoms with Crippen LogP contribution in [0, 0.1) is 11.8 Å². The van der Waals surface area contributed by atoms with Gasteiger partial charge in [-0.15, -0.1) is 0 Å². The highest BCUT2D eigenvalue weighted by Crippen LogP contribution is 2.32. The minimum absolute atomic E-state index is 0.000103. The van der Waals surface area contributed by atoms with Gasteiger partial charge in [0, 0.05) is 42.2 Å². The van der Waals surface area contributed by atoms with Crippen molar-refractivity contribution < 1.29 is 13.2 Å². The van der Waals surface area contributed by atoms with Crippen LogP contribution in [0.2, 0.25) is 5.02 Å².